The number of furan rings is 1. The summed E-state index contributed by atoms with van der Waals surface area (Å²) in [5.41, 5.74) is 1.72. The van der Waals surface area contributed by atoms with Crippen molar-refractivity contribution in [3.05, 3.63) is 60.0 Å². The highest BCUT2D eigenvalue weighted by Crippen LogP contribution is 2.25. The second-order valence-corrected chi connectivity index (χ2v) is 5.06. The van der Waals surface area contributed by atoms with Crippen LogP contribution in [0.25, 0.3) is 17.1 Å². The zero-order valence-electron chi connectivity index (χ0n) is 12.7. The van der Waals surface area contributed by atoms with Gasteiger partial charge in [-0.3, -0.25) is 4.79 Å². The van der Waals surface area contributed by atoms with Crippen LogP contribution in [0.3, 0.4) is 0 Å². The highest BCUT2D eigenvalue weighted by molar-refractivity contribution is 5.99. The number of nitrogens with zero attached hydrogens (tertiary/aromatic N) is 2. The van der Waals surface area contributed by atoms with E-state index in [1.165, 1.54) is 0 Å². The minimum absolute atomic E-state index is 0.117. The van der Waals surface area contributed by atoms with Crippen LogP contribution in [-0.2, 0) is 0 Å². The summed E-state index contributed by atoms with van der Waals surface area (Å²) in [4.78, 5) is 12.3. The molecular weight excluding hydrogens is 294 g/mol. The first-order chi connectivity index (χ1) is 11.2. The van der Waals surface area contributed by atoms with Gasteiger partial charge < -0.3 is 14.8 Å². The SMILES string of the molecule is Cc1ccc(-c2nn(-c3ccccc3)cc2C(=O)NCCO)o1. The van der Waals surface area contributed by atoms with Crippen molar-refractivity contribution < 1.29 is 14.3 Å². The standard InChI is InChI=1S/C17H17N3O3/c1-12-7-8-15(23-12)16-14(17(22)18-9-10-21)11-20(19-16)13-5-3-2-4-6-13/h2-8,11,21H,9-10H2,1H3,(H,18,22). The van der Waals surface area contributed by atoms with E-state index in [9.17, 15) is 4.79 Å². The van der Waals surface area contributed by atoms with E-state index in [-0.39, 0.29) is 19.1 Å². The molecule has 23 heavy (non-hydrogen) atoms. The number of aliphatic hydroxyl groups is 1. The molecule has 0 unspecified atom stereocenters. The minimum atomic E-state index is -0.301. The van der Waals surface area contributed by atoms with E-state index in [1.807, 2.05) is 43.3 Å². The van der Waals surface area contributed by atoms with Gasteiger partial charge in [0.05, 0.1) is 17.9 Å². The lowest BCUT2D eigenvalue weighted by Crippen LogP contribution is -2.26. The van der Waals surface area contributed by atoms with E-state index in [4.69, 9.17) is 9.52 Å². The first-order valence-corrected chi connectivity index (χ1v) is 7.30. The van der Waals surface area contributed by atoms with Gasteiger partial charge in [0, 0.05) is 12.7 Å². The quantitative estimate of drug-likeness (QED) is 0.756. The van der Waals surface area contributed by atoms with Crippen LogP contribution in [0.2, 0.25) is 0 Å². The van der Waals surface area contributed by atoms with Crippen LogP contribution in [0.1, 0.15) is 16.1 Å². The number of amides is 1. The molecule has 2 N–H and O–H groups in total. The average molecular weight is 311 g/mol. The molecule has 1 amide bonds. The largest absolute Gasteiger partial charge is 0.460 e. The molecular formula is C17H17N3O3. The van der Waals surface area contributed by atoms with Gasteiger partial charge in [-0.1, -0.05) is 18.2 Å². The Kier molecular flexibility index (Phi) is 4.25. The maximum Gasteiger partial charge on any atom is 0.255 e. The van der Waals surface area contributed by atoms with Crippen LogP contribution in [0.15, 0.2) is 53.1 Å². The lowest BCUT2D eigenvalue weighted by molar-refractivity contribution is 0.0945. The Morgan fingerprint density at radius 3 is 2.70 bits per heavy atom. The minimum Gasteiger partial charge on any atom is -0.460 e. The lowest BCUT2D eigenvalue weighted by atomic mass is 10.2. The Morgan fingerprint density at radius 2 is 2.04 bits per heavy atom. The normalized spacial score (nSPS) is 10.7. The summed E-state index contributed by atoms with van der Waals surface area (Å²) in [6, 6.07) is 13.1. The van der Waals surface area contributed by atoms with Crippen LogP contribution < -0.4 is 5.32 Å². The third-order valence-corrected chi connectivity index (χ3v) is 3.35. The summed E-state index contributed by atoms with van der Waals surface area (Å²) < 4.78 is 7.25. The molecule has 2 heterocycles. The Morgan fingerprint density at radius 1 is 1.26 bits per heavy atom. The number of rotatable bonds is 5. The molecule has 0 atom stereocenters. The third-order valence-electron chi connectivity index (χ3n) is 3.35. The van der Waals surface area contributed by atoms with Crippen molar-refractivity contribution >= 4 is 5.91 Å². The number of hydrogen-bond acceptors (Lipinski definition) is 4. The van der Waals surface area contributed by atoms with Gasteiger partial charge in [0.1, 0.15) is 11.5 Å². The number of para-hydroxylation sites is 1. The Labute approximate surface area is 133 Å². The second-order valence-electron chi connectivity index (χ2n) is 5.06. The number of hydrogen-bond donors (Lipinski definition) is 2. The number of carbonyl (C=O) groups excluding carboxylic acids is 1. The first kappa shape index (κ1) is 15.1. The molecule has 2 aromatic heterocycles. The summed E-state index contributed by atoms with van der Waals surface area (Å²) in [6.45, 7) is 1.91. The number of nitrogens with one attached hydrogen (secondary N) is 1. The smallest absolute Gasteiger partial charge is 0.255 e. The number of aliphatic hydroxyl groups excluding tert-OH is 1. The van der Waals surface area contributed by atoms with E-state index in [0.717, 1.165) is 11.4 Å². The summed E-state index contributed by atoms with van der Waals surface area (Å²) in [7, 11) is 0. The zero-order valence-corrected chi connectivity index (χ0v) is 12.7. The van der Waals surface area contributed by atoms with Gasteiger partial charge in [0.25, 0.3) is 5.91 Å². The predicted octanol–water partition coefficient (Wildman–Crippen LogP) is 2.16. The third kappa shape index (κ3) is 3.17. The van der Waals surface area contributed by atoms with Gasteiger partial charge in [-0.15, -0.1) is 0 Å². The highest BCUT2D eigenvalue weighted by atomic mass is 16.3. The topological polar surface area (TPSA) is 80.3 Å². The molecule has 0 saturated heterocycles. The maximum absolute atomic E-state index is 12.3. The van der Waals surface area contributed by atoms with E-state index in [1.54, 1.807) is 16.9 Å². The first-order valence-electron chi connectivity index (χ1n) is 7.30. The lowest BCUT2D eigenvalue weighted by Gasteiger charge is -2.01. The summed E-state index contributed by atoms with van der Waals surface area (Å²) in [5.74, 6) is 0.979. The second kappa shape index (κ2) is 6.50. The van der Waals surface area contributed by atoms with Crippen molar-refractivity contribution in [3.63, 3.8) is 0 Å². The molecule has 0 radical (unpaired) electrons. The molecule has 0 aliphatic heterocycles. The van der Waals surface area contributed by atoms with Crippen LogP contribution in [0, 0.1) is 6.92 Å². The fourth-order valence-corrected chi connectivity index (χ4v) is 2.26. The molecule has 1 aromatic carbocycles. The highest BCUT2D eigenvalue weighted by Gasteiger charge is 2.20. The molecule has 3 aromatic rings. The Balaban J connectivity index is 2.05. The van der Waals surface area contributed by atoms with E-state index in [0.29, 0.717) is 17.0 Å². The molecule has 0 spiro atoms. The number of aryl methyl sites for hydroxylation is 1. The molecule has 0 aliphatic carbocycles. The molecule has 118 valence electrons. The van der Waals surface area contributed by atoms with Gasteiger partial charge in [0.15, 0.2) is 5.76 Å². The summed E-state index contributed by atoms with van der Waals surface area (Å²) >= 11 is 0. The fraction of sp³-hybridized carbons (Fsp3) is 0.176. The van der Waals surface area contributed by atoms with Crippen molar-refractivity contribution in [2.24, 2.45) is 0 Å². The van der Waals surface area contributed by atoms with Crippen molar-refractivity contribution in [2.75, 3.05) is 13.2 Å². The monoisotopic (exact) mass is 311 g/mol. The van der Waals surface area contributed by atoms with E-state index in [2.05, 4.69) is 10.4 Å². The van der Waals surface area contributed by atoms with Crippen LogP contribution in [0.4, 0.5) is 0 Å². The fourth-order valence-electron chi connectivity index (χ4n) is 2.26. The number of benzene rings is 1. The predicted molar refractivity (Wildman–Crippen MR) is 85.4 cm³/mol. The van der Waals surface area contributed by atoms with Gasteiger partial charge in [-0.25, -0.2) is 4.68 Å². The molecule has 0 aliphatic rings. The maximum atomic E-state index is 12.3. The van der Waals surface area contributed by atoms with E-state index >= 15 is 0 Å². The van der Waals surface area contributed by atoms with Crippen LogP contribution in [0.5, 0.6) is 0 Å². The summed E-state index contributed by atoms with van der Waals surface area (Å²) in [6.07, 6.45) is 1.66. The zero-order chi connectivity index (χ0) is 16.2. The van der Waals surface area contributed by atoms with E-state index < -0.39 is 0 Å². The Bertz CT molecular complexity index is 806. The number of carbonyl (C=O) groups is 1. The van der Waals surface area contributed by atoms with Crippen molar-refractivity contribution in [1.82, 2.24) is 15.1 Å². The molecule has 3 rings (SSSR count). The van der Waals surface area contributed by atoms with Gasteiger partial charge in [-0.05, 0) is 31.2 Å². The molecule has 0 bridgehead atoms. The molecule has 0 saturated carbocycles. The van der Waals surface area contributed by atoms with Crippen LogP contribution in [-0.4, -0.2) is 33.9 Å². The summed E-state index contributed by atoms with van der Waals surface area (Å²) in [5, 5.41) is 16.0. The number of aromatic nitrogens is 2. The van der Waals surface area contributed by atoms with Crippen molar-refractivity contribution in [3.8, 4) is 17.1 Å². The van der Waals surface area contributed by atoms with Crippen molar-refractivity contribution in [1.29, 1.82) is 0 Å². The Hall–Kier alpha value is -2.86. The van der Waals surface area contributed by atoms with Gasteiger partial charge >= 0.3 is 0 Å². The van der Waals surface area contributed by atoms with Crippen molar-refractivity contribution in [2.45, 2.75) is 6.92 Å². The van der Waals surface area contributed by atoms with Gasteiger partial charge in [0.2, 0.25) is 0 Å². The average Bonchev–Trinajstić information content (AvgIpc) is 3.19. The van der Waals surface area contributed by atoms with Crippen LogP contribution >= 0.6 is 0 Å². The molecule has 0 fully saturated rings. The molecule has 6 nitrogen and oxygen atoms in total. The molecule has 6 heteroatoms. The van der Waals surface area contributed by atoms with Gasteiger partial charge in [-0.2, -0.15) is 5.10 Å².